The lowest BCUT2D eigenvalue weighted by Crippen LogP contribution is -2.12. The summed E-state index contributed by atoms with van der Waals surface area (Å²) in [4.78, 5) is 7.44. The highest BCUT2D eigenvalue weighted by molar-refractivity contribution is 7.89. The van der Waals surface area contributed by atoms with E-state index in [0.717, 1.165) is 10.8 Å². The molecule has 0 aliphatic carbocycles. The van der Waals surface area contributed by atoms with Crippen molar-refractivity contribution in [2.75, 3.05) is 0 Å². The Morgan fingerprint density at radius 3 is 2.23 bits per heavy atom. The van der Waals surface area contributed by atoms with E-state index >= 15 is 0 Å². The highest BCUT2D eigenvalue weighted by Gasteiger charge is 2.35. The highest BCUT2D eigenvalue weighted by Crippen LogP contribution is 2.32. The van der Waals surface area contributed by atoms with Gasteiger partial charge in [0.25, 0.3) is 0 Å². The van der Waals surface area contributed by atoms with Gasteiger partial charge in [-0.05, 0) is 36.4 Å². The van der Waals surface area contributed by atoms with Gasteiger partial charge in [-0.25, -0.2) is 18.5 Å². The fraction of sp³-hybridized carbons (Fsp3) is 0.0667. The number of nitrogens with two attached hydrogens (primary N) is 1. The summed E-state index contributed by atoms with van der Waals surface area (Å²) < 4.78 is 63.1. The van der Waals surface area contributed by atoms with E-state index in [1.165, 1.54) is 42.6 Å². The molecule has 0 aliphatic rings. The second kappa shape index (κ2) is 6.38. The van der Waals surface area contributed by atoms with Crippen molar-refractivity contribution in [2.45, 2.75) is 11.1 Å². The number of rotatable bonds is 3. The summed E-state index contributed by atoms with van der Waals surface area (Å²) in [7, 11) is -3.92. The Kier molecular flexibility index (Phi) is 4.51. The van der Waals surface area contributed by atoms with E-state index in [0.29, 0.717) is 5.02 Å². The second-order valence-electron chi connectivity index (χ2n) is 5.22. The van der Waals surface area contributed by atoms with Crippen LogP contribution >= 0.6 is 11.6 Å². The van der Waals surface area contributed by atoms with Crippen molar-refractivity contribution in [3.05, 3.63) is 59.5 Å². The molecule has 2 aromatic heterocycles. The molecule has 0 saturated heterocycles. The normalized spacial score (nSPS) is 12.3. The number of primary sulfonamides is 1. The third-order valence-corrected chi connectivity index (χ3v) is 4.55. The average molecular weight is 403 g/mol. The second-order valence-corrected chi connectivity index (χ2v) is 7.22. The molecule has 0 saturated carbocycles. The third kappa shape index (κ3) is 3.71. The lowest BCUT2D eigenvalue weighted by molar-refractivity contribution is -0.140. The van der Waals surface area contributed by atoms with Gasteiger partial charge < -0.3 is 0 Å². The number of hydrogen-bond donors (Lipinski definition) is 1. The van der Waals surface area contributed by atoms with Crippen LogP contribution in [0.4, 0.5) is 13.2 Å². The maximum atomic E-state index is 13.1. The SMILES string of the molecule is NS(=O)(=O)c1ccc(-n2cc(C(F)(F)F)nc2-c2ccc(Cl)cn2)cc1. The molecule has 0 bridgehead atoms. The van der Waals surface area contributed by atoms with E-state index in [1.807, 2.05) is 0 Å². The molecule has 0 radical (unpaired) electrons. The first kappa shape index (κ1) is 18.4. The maximum absolute atomic E-state index is 13.1. The van der Waals surface area contributed by atoms with Crippen molar-refractivity contribution >= 4 is 21.6 Å². The molecule has 0 fully saturated rings. The highest BCUT2D eigenvalue weighted by atomic mass is 35.5. The molecule has 11 heteroatoms. The number of pyridine rings is 1. The number of nitrogens with zero attached hydrogens (tertiary/aromatic N) is 3. The van der Waals surface area contributed by atoms with Crippen LogP contribution in [-0.4, -0.2) is 23.0 Å². The van der Waals surface area contributed by atoms with Crippen LogP contribution in [0.2, 0.25) is 5.02 Å². The molecule has 3 rings (SSSR count). The van der Waals surface area contributed by atoms with Crippen molar-refractivity contribution < 1.29 is 21.6 Å². The Morgan fingerprint density at radius 1 is 1.08 bits per heavy atom. The molecule has 0 amide bonds. The molecule has 1 aromatic carbocycles. The van der Waals surface area contributed by atoms with Gasteiger partial charge in [0, 0.05) is 18.1 Å². The first-order chi connectivity index (χ1) is 12.1. The number of sulfonamides is 1. The molecule has 0 atom stereocenters. The van der Waals surface area contributed by atoms with Crippen LogP contribution < -0.4 is 5.14 Å². The van der Waals surface area contributed by atoms with Crippen molar-refractivity contribution in [3.63, 3.8) is 0 Å². The smallest absolute Gasteiger partial charge is 0.298 e. The third-order valence-electron chi connectivity index (χ3n) is 3.40. The van der Waals surface area contributed by atoms with Crippen molar-refractivity contribution in [3.8, 4) is 17.2 Å². The number of benzene rings is 1. The summed E-state index contributed by atoms with van der Waals surface area (Å²) >= 11 is 5.76. The Labute approximate surface area is 151 Å². The van der Waals surface area contributed by atoms with Crippen LogP contribution in [0.5, 0.6) is 0 Å². The Hall–Kier alpha value is -2.43. The number of aromatic nitrogens is 3. The minimum Gasteiger partial charge on any atom is -0.298 e. The van der Waals surface area contributed by atoms with E-state index in [2.05, 4.69) is 9.97 Å². The summed E-state index contributed by atoms with van der Waals surface area (Å²) in [6.07, 6.45) is -2.57. The number of alkyl halides is 3. The number of hydrogen-bond acceptors (Lipinski definition) is 4. The topological polar surface area (TPSA) is 90.9 Å². The lowest BCUT2D eigenvalue weighted by atomic mass is 10.3. The largest absolute Gasteiger partial charge is 0.434 e. The molecule has 0 unspecified atom stereocenters. The van der Waals surface area contributed by atoms with Gasteiger partial charge >= 0.3 is 6.18 Å². The van der Waals surface area contributed by atoms with Gasteiger partial charge in [0.05, 0.1) is 9.92 Å². The molecular formula is C15H10ClF3N4O2S. The van der Waals surface area contributed by atoms with Gasteiger partial charge in [-0.15, -0.1) is 0 Å². The van der Waals surface area contributed by atoms with Crippen molar-refractivity contribution in [1.82, 2.24) is 14.5 Å². The predicted molar refractivity (Wildman–Crippen MR) is 88.2 cm³/mol. The molecular weight excluding hydrogens is 393 g/mol. The monoisotopic (exact) mass is 402 g/mol. The van der Waals surface area contributed by atoms with Crippen LogP contribution in [-0.2, 0) is 16.2 Å². The Balaban J connectivity index is 2.16. The molecule has 2 N–H and O–H groups in total. The molecule has 0 aliphatic heterocycles. The van der Waals surface area contributed by atoms with E-state index in [9.17, 15) is 21.6 Å². The number of imidazole rings is 1. The summed E-state index contributed by atoms with van der Waals surface area (Å²) in [5.41, 5.74) is -0.688. The standard InChI is InChI=1S/C15H10ClF3N4O2S/c16-9-1-6-12(21-7-9)14-22-13(15(17,18)19)8-23(14)10-2-4-11(5-3-10)26(20,24)25/h1-8H,(H2,20,24,25). The molecule has 3 aromatic rings. The summed E-state index contributed by atoms with van der Waals surface area (Å²) in [6.45, 7) is 0. The first-order valence-electron chi connectivity index (χ1n) is 6.97. The van der Waals surface area contributed by atoms with Crippen molar-refractivity contribution in [1.29, 1.82) is 0 Å². The molecule has 0 spiro atoms. The van der Waals surface area contributed by atoms with E-state index < -0.39 is 21.9 Å². The fourth-order valence-corrected chi connectivity index (χ4v) is 2.83. The van der Waals surface area contributed by atoms with E-state index in [-0.39, 0.29) is 22.1 Å². The van der Waals surface area contributed by atoms with Gasteiger partial charge in [0.2, 0.25) is 10.0 Å². The van der Waals surface area contributed by atoms with Crippen LogP contribution in [0.3, 0.4) is 0 Å². The summed E-state index contributed by atoms with van der Waals surface area (Å²) in [5.74, 6) is -0.0719. The predicted octanol–water partition coefficient (Wildman–Crippen LogP) is 3.25. The van der Waals surface area contributed by atoms with Gasteiger partial charge in [0.15, 0.2) is 11.5 Å². The van der Waals surface area contributed by atoms with E-state index in [4.69, 9.17) is 16.7 Å². The number of halogens is 4. The van der Waals surface area contributed by atoms with Gasteiger partial charge in [0.1, 0.15) is 5.69 Å². The summed E-state index contributed by atoms with van der Waals surface area (Å²) in [6, 6.07) is 7.93. The Morgan fingerprint density at radius 2 is 1.73 bits per heavy atom. The fourth-order valence-electron chi connectivity index (χ4n) is 2.20. The molecule has 2 heterocycles. The first-order valence-corrected chi connectivity index (χ1v) is 8.90. The van der Waals surface area contributed by atoms with Gasteiger partial charge in [-0.1, -0.05) is 11.6 Å². The van der Waals surface area contributed by atoms with Crippen LogP contribution in [0.15, 0.2) is 53.7 Å². The van der Waals surface area contributed by atoms with Crippen molar-refractivity contribution in [2.24, 2.45) is 5.14 Å². The summed E-state index contributed by atoms with van der Waals surface area (Å²) in [5, 5.41) is 5.34. The van der Waals surface area contributed by atoms with Gasteiger partial charge in [-0.3, -0.25) is 9.55 Å². The quantitative estimate of drug-likeness (QED) is 0.728. The molecule has 6 nitrogen and oxygen atoms in total. The molecule has 136 valence electrons. The Bertz CT molecular complexity index is 1050. The lowest BCUT2D eigenvalue weighted by Gasteiger charge is -2.08. The minimum atomic E-state index is -4.66. The van der Waals surface area contributed by atoms with Crippen LogP contribution in [0, 0.1) is 0 Å². The zero-order valence-corrected chi connectivity index (χ0v) is 14.3. The van der Waals surface area contributed by atoms with Gasteiger partial charge in [-0.2, -0.15) is 13.2 Å². The average Bonchev–Trinajstić information content (AvgIpc) is 3.00. The van der Waals surface area contributed by atoms with E-state index in [1.54, 1.807) is 0 Å². The maximum Gasteiger partial charge on any atom is 0.434 e. The van der Waals surface area contributed by atoms with Crippen LogP contribution in [0.1, 0.15) is 5.69 Å². The zero-order chi connectivity index (χ0) is 19.1. The molecule has 26 heavy (non-hydrogen) atoms. The minimum absolute atomic E-state index is 0.0719. The zero-order valence-electron chi connectivity index (χ0n) is 12.8. The van der Waals surface area contributed by atoms with Crippen LogP contribution in [0.25, 0.3) is 17.2 Å².